The Morgan fingerprint density at radius 3 is 2.33 bits per heavy atom. The van der Waals surface area contributed by atoms with Crippen LogP contribution in [0.5, 0.6) is 0 Å². The van der Waals surface area contributed by atoms with E-state index in [4.69, 9.17) is 10.2 Å². The molecule has 0 aromatic carbocycles. The molecule has 0 fully saturated rings. The number of aromatic nitrogens is 1. The van der Waals surface area contributed by atoms with E-state index >= 15 is 0 Å². The van der Waals surface area contributed by atoms with Crippen molar-refractivity contribution in [1.82, 2.24) is 4.57 Å². The van der Waals surface area contributed by atoms with E-state index in [0.717, 1.165) is 6.20 Å². The van der Waals surface area contributed by atoms with Gasteiger partial charge in [-0.2, -0.15) is 0 Å². The molecule has 0 aliphatic rings. The molecule has 0 bridgehead atoms. The Hall–Kier alpha value is -1.30. The maximum Gasteiger partial charge on any atom is 0.416 e. The Morgan fingerprint density at radius 1 is 1.42 bits per heavy atom. The smallest absolute Gasteiger partial charge is 0.416 e. The molecular formula is C6H4BrNO4. The number of aromatic carboxylic acids is 1. The second kappa shape index (κ2) is 2.98. The fourth-order valence-corrected chi connectivity index (χ4v) is 1.25. The van der Waals surface area contributed by atoms with Crippen LogP contribution in [0, 0.1) is 0 Å². The third-order valence-electron chi connectivity index (χ3n) is 1.25. The van der Waals surface area contributed by atoms with Crippen molar-refractivity contribution in [3.63, 3.8) is 0 Å². The van der Waals surface area contributed by atoms with Crippen LogP contribution in [-0.2, 0) is 0 Å². The van der Waals surface area contributed by atoms with E-state index in [9.17, 15) is 9.59 Å². The van der Waals surface area contributed by atoms with Crippen LogP contribution in [0.4, 0.5) is 4.79 Å². The van der Waals surface area contributed by atoms with Gasteiger partial charge < -0.3 is 10.2 Å². The maximum atomic E-state index is 10.5. The minimum Gasteiger partial charge on any atom is -0.477 e. The van der Waals surface area contributed by atoms with E-state index in [1.165, 1.54) is 6.07 Å². The number of hydrogen-bond donors (Lipinski definition) is 2. The van der Waals surface area contributed by atoms with Gasteiger partial charge in [-0.25, -0.2) is 14.2 Å². The zero-order valence-corrected chi connectivity index (χ0v) is 7.28. The van der Waals surface area contributed by atoms with Crippen LogP contribution in [0.2, 0.25) is 0 Å². The molecule has 12 heavy (non-hydrogen) atoms. The molecule has 1 heterocycles. The van der Waals surface area contributed by atoms with Crippen molar-refractivity contribution < 1.29 is 19.8 Å². The lowest BCUT2D eigenvalue weighted by atomic mass is 10.4. The van der Waals surface area contributed by atoms with E-state index < -0.39 is 12.1 Å². The third-order valence-corrected chi connectivity index (χ3v) is 1.89. The number of halogens is 1. The van der Waals surface area contributed by atoms with Crippen LogP contribution in [0.25, 0.3) is 0 Å². The van der Waals surface area contributed by atoms with E-state index in [-0.39, 0.29) is 10.2 Å². The SMILES string of the molecule is O=C(O)c1c(Br)ccn1C(=O)O. The summed E-state index contributed by atoms with van der Waals surface area (Å²) in [5.41, 5.74) is -0.289. The molecule has 0 atom stereocenters. The van der Waals surface area contributed by atoms with Crippen molar-refractivity contribution in [3.8, 4) is 0 Å². The fraction of sp³-hybridized carbons (Fsp3) is 0. The molecule has 1 rings (SSSR count). The van der Waals surface area contributed by atoms with Gasteiger partial charge in [-0.05, 0) is 22.0 Å². The standard InChI is InChI=1S/C6H4BrNO4/c7-3-1-2-8(6(11)12)4(3)5(9)10/h1-2H,(H,9,10)(H,11,12). The number of carboxylic acid groups (broad SMARTS) is 2. The molecule has 1 aromatic rings. The van der Waals surface area contributed by atoms with E-state index in [1.807, 2.05) is 0 Å². The molecule has 0 amide bonds. The van der Waals surface area contributed by atoms with Gasteiger partial charge in [0, 0.05) is 6.20 Å². The number of nitrogens with zero attached hydrogens (tertiary/aromatic N) is 1. The van der Waals surface area contributed by atoms with Gasteiger partial charge in [0.05, 0.1) is 4.47 Å². The molecule has 2 N–H and O–H groups in total. The molecule has 1 aromatic heterocycles. The fourth-order valence-electron chi connectivity index (χ4n) is 0.773. The average Bonchev–Trinajstić information content (AvgIpc) is 2.30. The van der Waals surface area contributed by atoms with Gasteiger partial charge in [0.25, 0.3) is 0 Å². The van der Waals surface area contributed by atoms with Gasteiger partial charge in [0.15, 0.2) is 5.69 Å². The van der Waals surface area contributed by atoms with E-state index in [1.54, 1.807) is 0 Å². The van der Waals surface area contributed by atoms with Crippen LogP contribution < -0.4 is 0 Å². The molecule has 0 spiro atoms. The first-order chi connectivity index (χ1) is 5.54. The first kappa shape index (κ1) is 8.79. The van der Waals surface area contributed by atoms with Gasteiger partial charge in [-0.3, -0.25) is 0 Å². The maximum absolute atomic E-state index is 10.5. The van der Waals surface area contributed by atoms with Crippen LogP contribution in [-0.4, -0.2) is 26.8 Å². The first-order valence-corrected chi connectivity index (χ1v) is 3.66. The van der Waals surface area contributed by atoms with Crippen LogP contribution >= 0.6 is 15.9 Å². The minimum absolute atomic E-state index is 0.248. The summed E-state index contributed by atoms with van der Waals surface area (Å²) in [4.78, 5) is 20.9. The molecule has 0 saturated carbocycles. The number of carbonyl (C=O) groups is 2. The highest BCUT2D eigenvalue weighted by atomic mass is 79.9. The summed E-state index contributed by atoms with van der Waals surface area (Å²) in [5.74, 6) is -1.28. The summed E-state index contributed by atoms with van der Waals surface area (Å²) in [6.07, 6.45) is -0.159. The Labute approximate surface area is 75.4 Å². The normalized spacial score (nSPS) is 9.75. The summed E-state index contributed by atoms with van der Waals surface area (Å²) >= 11 is 2.92. The minimum atomic E-state index is -1.32. The predicted molar refractivity (Wildman–Crippen MR) is 42.5 cm³/mol. The first-order valence-electron chi connectivity index (χ1n) is 2.87. The molecule has 6 heteroatoms. The second-order valence-corrected chi connectivity index (χ2v) is 2.82. The number of hydrogen-bond acceptors (Lipinski definition) is 2. The molecule has 0 saturated heterocycles. The molecule has 64 valence electrons. The van der Waals surface area contributed by atoms with E-state index in [0.29, 0.717) is 4.57 Å². The highest BCUT2D eigenvalue weighted by Crippen LogP contribution is 2.17. The lowest BCUT2D eigenvalue weighted by Crippen LogP contribution is -2.14. The second-order valence-electron chi connectivity index (χ2n) is 1.97. The largest absolute Gasteiger partial charge is 0.477 e. The number of carboxylic acids is 1. The van der Waals surface area contributed by atoms with Gasteiger partial charge >= 0.3 is 12.1 Å². The van der Waals surface area contributed by atoms with Gasteiger partial charge in [0.1, 0.15) is 0 Å². The monoisotopic (exact) mass is 233 g/mol. The zero-order valence-electron chi connectivity index (χ0n) is 5.69. The highest BCUT2D eigenvalue weighted by Gasteiger charge is 2.17. The highest BCUT2D eigenvalue weighted by molar-refractivity contribution is 9.10. The van der Waals surface area contributed by atoms with Crippen molar-refractivity contribution in [2.75, 3.05) is 0 Å². The topological polar surface area (TPSA) is 79.5 Å². The Bertz CT molecular complexity index is 343. The van der Waals surface area contributed by atoms with Crippen LogP contribution in [0.1, 0.15) is 10.5 Å². The quantitative estimate of drug-likeness (QED) is 0.770. The summed E-state index contributed by atoms with van der Waals surface area (Å²) in [5, 5.41) is 17.1. The van der Waals surface area contributed by atoms with Crippen LogP contribution in [0.15, 0.2) is 16.7 Å². The predicted octanol–water partition coefficient (Wildman–Crippen LogP) is 1.47. The van der Waals surface area contributed by atoms with Gasteiger partial charge in [0.2, 0.25) is 0 Å². The lowest BCUT2D eigenvalue weighted by molar-refractivity contribution is 0.0683. The van der Waals surface area contributed by atoms with Crippen molar-refractivity contribution in [2.45, 2.75) is 0 Å². The summed E-state index contributed by atoms with van der Waals surface area (Å²) in [7, 11) is 0. The van der Waals surface area contributed by atoms with Crippen LogP contribution in [0.3, 0.4) is 0 Å². The average molecular weight is 234 g/mol. The molecule has 0 aliphatic carbocycles. The van der Waals surface area contributed by atoms with Gasteiger partial charge in [-0.1, -0.05) is 0 Å². The summed E-state index contributed by atoms with van der Waals surface area (Å²) in [6, 6.07) is 1.36. The third kappa shape index (κ3) is 1.33. The Kier molecular flexibility index (Phi) is 2.18. The Morgan fingerprint density at radius 2 is 2.00 bits per heavy atom. The van der Waals surface area contributed by atoms with Crippen molar-refractivity contribution in [2.24, 2.45) is 0 Å². The van der Waals surface area contributed by atoms with Crippen molar-refractivity contribution >= 4 is 28.0 Å². The lowest BCUT2D eigenvalue weighted by Gasteiger charge is -1.97. The Balaban J connectivity index is 3.31. The molecule has 5 nitrogen and oxygen atoms in total. The summed E-state index contributed by atoms with van der Waals surface area (Å²) < 4.78 is 0.879. The number of rotatable bonds is 1. The van der Waals surface area contributed by atoms with Crippen molar-refractivity contribution in [3.05, 3.63) is 22.4 Å². The van der Waals surface area contributed by atoms with E-state index in [2.05, 4.69) is 15.9 Å². The van der Waals surface area contributed by atoms with Crippen molar-refractivity contribution in [1.29, 1.82) is 0 Å². The summed E-state index contributed by atoms with van der Waals surface area (Å²) in [6.45, 7) is 0. The van der Waals surface area contributed by atoms with Gasteiger partial charge in [-0.15, -0.1) is 0 Å². The molecule has 0 radical (unpaired) electrons. The zero-order chi connectivity index (χ0) is 9.30. The molecular weight excluding hydrogens is 230 g/mol. The molecule has 0 unspecified atom stereocenters. The molecule has 0 aliphatic heterocycles.